The lowest BCUT2D eigenvalue weighted by atomic mass is 9.91. The van der Waals surface area contributed by atoms with Crippen molar-refractivity contribution in [3.8, 4) is 5.75 Å². The largest absolute Gasteiger partial charge is 0.426 e. The van der Waals surface area contributed by atoms with Crippen LogP contribution in [0.5, 0.6) is 5.75 Å². The summed E-state index contributed by atoms with van der Waals surface area (Å²) in [5, 5.41) is 0. The molecule has 0 atom stereocenters. The van der Waals surface area contributed by atoms with Crippen LogP contribution in [0.3, 0.4) is 0 Å². The molecule has 0 aliphatic heterocycles. The number of unbranched alkanes of at least 4 members (excludes halogenated alkanes) is 4. The van der Waals surface area contributed by atoms with Gasteiger partial charge in [0.2, 0.25) is 0 Å². The number of fused-ring (bicyclic) bond motifs is 1. The van der Waals surface area contributed by atoms with Crippen LogP contribution >= 0.6 is 0 Å². The van der Waals surface area contributed by atoms with Crippen molar-refractivity contribution in [2.75, 3.05) is 0 Å². The molecule has 2 rings (SSSR count). The van der Waals surface area contributed by atoms with Gasteiger partial charge in [-0.2, -0.15) is 0 Å². The summed E-state index contributed by atoms with van der Waals surface area (Å²) in [5.74, 6) is 0.737. The second kappa shape index (κ2) is 8.08. The summed E-state index contributed by atoms with van der Waals surface area (Å²) in [4.78, 5) is 11.9. The summed E-state index contributed by atoms with van der Waals surface area (Å²) in [7, 11) is 0. The van der Waals surface area contributed by atoms with Gasteiger partial charge in [0.25, 0.3) is 0 Å². The predicted octanol–water partition coefficient (Wildman–Crippen LogP) is 4.83. The number of rotatable bonds is 7. The van der Waals surface area contributed by atoms with Crippen LogP contribution in [-0.4, -0.2) is 5.97 Å². The van der Waals surface area contributed by atoms with Crippen molar-refractivity contribution in [3.05, 3.63) is 29.3 Å². The number of ether oxygens (including phenoxy) is 1. The van der Waals surface area contributed by atoms with E-state index in [2.05, 4.69) is 13.0 Å². The van der Waals surface area contributed by atoms with E-state index in [1.165, 1.54) is 43.2 Å². The third-order valence-corrected chi connectivity index (χ3v) is 4.06. The molecule has 0 aromatic heterocycles. The zero-order valence-electron chi connectivity index (χ0n) is 12.6. The van der Waals surface area contributed by atoms with Crippen molar-refractivity contribution in [2.24, 2.45) is 0 Å². The van der Waals surface area contributed by atoms with Crippen LogP contribution in [0.2, 0.25) is 0 Å². The highest BCUT2D eigenvalue weighted by Gasteiger charge is 2.15. The van der Waals surface area contributed by atoms with E-state index in [1.54, 1.807) is 0 Å². The number of hydrogen-bond acceptors (Lipinski definition) is 2. The van der Waals surface area contributed by atoms with Gasteiger partial charge in [-0.05, 0) is 49.3 Å². The Balaban J connectivity index is 1.82. The normalized spacial score (nSPS) is 13.8. The molecule has 0 spiro atoms. The number of aryl methyl sites for hydroxylation is 1. The molecule has 0 heterocycles. The Morgan fingerprint density at radius 2 is 1.90 bits per heavy atom. The lowest BCUT2D eigenvalue weighted by molar-refractivity contribution is -0.134. The molecule has 0 fully saturated rings. The van der Waals surface area contributed by atoms with Gasteiger partial charge in [-0.25, -0.2) is 0 Å². The summed E-state index contributed by atoms with van der Waals surface area (Å²) in [6.45, 7) is 2.20. The van der Waals surface area contributed by atoms with Crippen LogP contribution in [0.4, 0.5) is 0 Å². The number of carbonyl (C=O) groups is 1. The highest BCUT2D eigenvalue weighted by atomic mass is 16.5. The van der Waals surface area contributed by atoms with E-state index in [1.807, 2.05) is 12.1 Å². The van der Waals surface area contributed by atoms with Crippen LogP contribution in [0.25, 0.3) is 0 Å². The van der Waals surface area contributed by atoms with Crippen molar-refractivity contribution in [1.29, 1.82) is 0 Å². The molecular formula is C18H26O2. The molecule has 0 bridgehead atoms. The van der Waals surface area contributed by atoms with E-state index >= 15 is 0 Å². The predicted molar refractivity (Wildman–Crippen MR) is 82.1 cm³/mol. The Kier molecular flexibility index (Phi) is 6.10. The second-order valence-electron chi connectivity index (χ2n) is 5.74. The highest BCUT2D eigenvalue weighted by molar-refractivity contribution is 5.73. The molecule has 1 aliphatic rings. The molecule has 1 aliphatic carbocycles. The molecule has 2 heteroatoms. The smallest absolute Gasteiger partial charge is 0.311 e. The SMILES string of the molecule is CCCCCCCC(=O)Oc1cccc2c1CCCC2. The van der Waals surface area contributed by atoms with Crippen LogP contribution < -0.4 is 4.74 Å². The van der Waals surface area contributed by atoms with Crippen molar-refractivity contribution in [2.45, 2.75) is 71.1 Å². The van der Waals surface area contributed by atoms with E-state index in [9.17, 15) is 4.79 Å². The molecule has 0 radical (unpaired) electrons. The lowest BCUT2D eigenvalue weighted by Gasteiger charge is -2.18. The van der Waals surface area contributed by atoms with E-state index in [0.717, 1.165) is 31.4 Å². The first-order chi connectivity index (χ1) is 9.81. The summed E-state index contributed by atoms with van der Waals surface area (Å²) in [6.07, 6.45) is 11.0. The van der Waals surface area contributed by atoms with E-state index in [0.29, 0.717) is 6.42 Å². The molecule has 2 nitrogen and oxygen atoms in total. The summed E-state index contributed by atoms with van der Waals surface area (Å²) in [5.41, 5.74) is 2.63. The standard InChI is InChI=1S/C18H26O2/c1-2-3-4-5-6-14-18(19)20-17-13-9-11-15-10-7-8-12-16(15)17/h9,11,13H,2-8,10,12,14H2,1H3. The quantitative estimate of drug-likeness (QED) is 0.404. The topological polar surface area (TPSA) is 26.3 Å². The number of hydrogen-bond donors (Lipinski definition) is 0. The molecule has 110 valence electrons. The van der Waals surface area contributed by atoms with Gasteiger partial charge in [0.1, 0.15) is 5.75 Å². The molecule has 0 N–H and O–H groups in total. The number of benzene rings is 1. The number of esters is 1. The molecule has 0 amide bonds. The van der Waals surface area contributed by atoms with Gasteiger partial charge >= 0.3 is 5.97 Å². The minimum absolute atomic E-state index is 0.0690. The third kappa shape index (κ3) is 4.36. The molecule has 20 heavy (non-hydrogen) atoms. The number of carbonyl (C=O) groups excluding carboxylic acids is 1. The fraction of sp³-hybridized carbons (Fsp3) is 0.611. The fourth-order valence-electron chi connectivity index (χ4n) is 2.89. The minimum atomic E-state index is -0.0690. The first kappa shape index (κ1) is 15.1. The Morgan fingerprint density at radius 3 is 2.75 bits per heavy atom. The Morgan fingerprint density at radius 1 is 1.10 bits per heavy atom. The Hall–Kier alpha value is -1.31. The van der Waals surface area contributed by atoms with Crippen LogP contribution in [0, 0.1) is 0 Å². The molecule has 1 aromatic carbocycles. The van der Waals surface area contributed by atoms with Crippen molar-refractivity contribution >= 4 is 5.97 Å². The molecule has 0 saturated carbocycles. The maximum absolute atomic E-state index is 11.9. The second-order valence-corrected chi connectivity index (χ2v) is 5.74. The maximum Gasteiger partial charge on any atom is 0.311 e. The molecule has 0 saturated heterocycles. The Bertz CT molecular complexity index is 437. The average molecular weight is 274 g/mol. The molecule has 0 unspecified atom stereocenters. The lowest BCUT2D eigenvalue weighted by Crippen LogP contribution is -2.11. The monoisotopic (exact) mass is 274 g/mol. The Labute approximate surface area is 122 Å². The summed E-state index contributed by atoms with van der Waals surface area (Å²) in [6, 6.07) is 6.11. The van der Waals surface area contributed by atoms with Gasteiger partial charge in [0, 0.05) is 6.42 Å². The molecule has 1 aromatic rings. The van der Waals surface area contributed by atoms with Crippen molar-refractivity contribution in [1.82, 2.24) is 0 Å². The first-order valence-corrected chi connectivity index (χ1v) is 8.12. The third-order valence-electron chi connectivity index (χ3n) is 4.06. The van der Waals surface area contributed by atoms with Gasteiger partial charge in [-0.3, -0.25) is 4.79 Å². The first-order valence-electron chi connectivity index (χ1n) is 8.12. The van der Waals surface area contributed by atoms with Crippen LogP contribution in [0.15, 0.2) is 18.2 Å². The van der Waals surface area contributed by atoms with Crippen LogP contribution in [0.1, 0.15) is 69.4 Å². The van der Waals surface area contributed by atoms with E-state index in [-0.39, 0.29) is 5.97 Å². The molecular weight excluding hydrogens is 248 g/mol. The maximum atomic E-state index is 11.9. The van der Waals surface area contributed by atoms with Crippen molar-refractivity contribution in [3.63, 3.8) is 0 Å². The van der Waals surface area contributed by atoms with Gasteiger partial charge in [-0.1, -0.05) is 44.7 Å². The fourth-order valence-corrected chi connectivity index (χ4v) is 2.89. The van der Waals surface area contributed by atoms with E-state index < -0.39 is 0 Å². The van der Waals surface area contributed by atoms with Gasteiger partial charge in [0.15, 0.2) is 0 Å². The van der Waals surface area contributed by atoms with E-state index in [4.69, 9.17) is 4.74 Å². The van der Waals surface area contributed by atoms with Gasteiger partial charge in [0.05, 0.1) is 0 Å². The van der Waals surface area contributed by atoms with Gasteiger partial charge < -0.3 is 4.74 Å². The van der Waals surface area contributed by atoms with Crippen molar-refractivity contribution < 1.29 is 9.53 Å². The summed E-state index contributed by atoms with van der Waals surface area (Å²) >= 11 is 0. The van der Waals surface area contributed by atoms with Gasteiger partial charge in [-0.15, -0.1) is 0 Å². The highest BCUT2D eigenvalue weighted by Crippen LogP contribution is 2.29. The average Bonchev–Trinajstić information content (AvgIpc) is 2.47. The zero-order chi connectivity index (χ0) is 14.2. The zero-order valence-corrected chi connectivity index (χ0v) is 12.6. The summed E-state index contributed by atoms with van der Waals surface area (Å²) < 4.78 is 5.58. The minimum Gasteiger partial charge on any atom is -0.426 e. The van der Waals surface area contributed by atoms with Crippen LogP contribution in [-0.2, 0) is 17.6 Å².